The number of carbonyl (C=O) groups is 1. The van der Waals surface area contributed by atoms with Crippen LogP contribution in [0.3, 0.4) is 0 Å². The van der Waals surface area contributed by atoms with Gasteiger partial charge >= 0.3 is 0 Å². The third kappa shape index (κ3) is 4.10. The van der Waals surface area contributed by atoms with Gasteiger partial charge < -0.3 is 20.4 Å². The number of carbonyl (C=O) groups excluding carboxylic acids is 1. The Balaban J connectivity index is 1.52. The molecule has 1 aromatic heterocycles. The van der Waals surface area contributed by atoms with Crippen molar-refractivity contribution in [2.24, 2.45) is 0 Å². The minimum Gasteiger partial charge on any atom is -0.444 e. The van der Waals surface area contributed by atoms with E-state index in [1.807, 2.05) is 12.1 Å². The monoisotopic (exact) mass is 314 g/mol. The zero-order chi connectivity index (χ0) is 16.1. The lowest BCUT2D eigenvalue weighted by Gasteiger charge is -2.26. The quantitative estimate of drug-likeness (QED) is 0.826. The fourth-order valence-corrected chi connectivity index (χ4v) is 2.74. The molecule has 122 valence electrons. The minimum atomic E-state index is -0.201. The number of oxazole rings is 1. The van der Waals surface area contributed by atoms with Crippen LogP contribution < -0.4 is 11.1 Å². The van der Waals surface area contributed by atoms with Gasteiger partial charge in [-0.3, -0.25) is 4.79 Å². The number of amides is 1. The van der Waals surface area contributed by atoms with E-state index in [0.717, 1.165) is 25.2 Å². The molecule has 3 rings (SSSR count). The van der Waals surface area contributed by atoms with Crippen molar-refractivity contribution < 1.29 is 9.21 Å². The number of anilines is 1. The molecule has 2 heterocycles. The number of aromatic nitrogens is 1. The van der Waals surface area contributed by atoms with Crippen LogP contribution in [0.5, 0.6) is 0 Å². The van der Waals surface area contributed by atoms with Crippen molar-refractivity contribution in [1.29, 1.82) is 0 Å². The van der Waals surface area contributed by atoms with E-state index in [1.54, 1.807) is 12.1 Å². The van der Waals surface area contributed by atoms with Gasteiger partial charge in [0.2, 0.25) is 5.89 Å². The number of rotatable bonds is 5. The molecule has 1 aliphatic rings. The zero-order valence-electron chi connectivity index (χ0n) is 13.1. The molecule has 1 fully saturated rings. The lowest BCUT2D eigenvalue weighted by Crippen LogP contribution is -2.37. The molecule has 0 unspecified atom stereocenters. The average Bonchev–Trinajstić information content (AvgIpc) is 3.06. The Morgan fingerprint density at radius 3 is 2.70 bits per heavy atom. The summed E-state index contributed by atoms with van der Waals surface area (Å²) >= 11 is 0. The molecule has 0 bridgehead atoms. The number of hydrogen-bond donors (Lipinski definition) is 2. The summed E-state index contributed by atoms with van der Waals surface area (Å²) in [5, 5.41) is 2.90. The maximum atomic E-state index is 12.1. The average molecular weight is 314 g/mol. The number of nitrogens with two attached hydrogens (primary N) is 1. The lowest BCUT2D eigenvalue weighted by atomic mass is 10.1. The second-order valence-corrected chi connectivity index (χ2v) is 5.82. The summed E-state index contributed by atoms with van der Waals surface area (Å²) in [6.07, 6.45) is 5.21. The molecule has 3 N–H and O–H groups in total. The Labute approximate surface area is 135 Å². The second-order valence-electron chi connectivity index (χ2n) is 5.82. The van der Waals surface area contributed by atoms with Crippen LogP contribution in [-0.4, -0.2) is 42.0 Å². The van der Waals surface area contributed by atoms with Gasteiger partial charge in [-0.15, -0.1) is 0 Å². The van der Waals surface area contributed by atoms with E-state index in [4.69, 9.17) is 10.2 Å². The summed E-state index contributed by atoms with van der Waals surface area (Å²) in [5.41, 5.74) is 7.43. The number of nitrogens with zero attached hydrogens (tertiary/aromatic N) is 2. The molecule has 0 radical (unpaired) electrons. The van der Waals surface area contributed by atoms with Crippen LogP contribution in [0.15, 0.2) is 34.9 Å². The van der Waals surface area contributed by atoms with Crippen molar-refractivity contribution in [3.8, 4) is 11.5 Å². The molecule has 0 saturated carbocycles. The molecule has 0 atom stereocenters. The maximum Gasteiger partial charge on any atom is 0.273 e. The van der Waals surface area contributed by atoms with Crippen molar-refractivity contribution in [2.75, 3.05) is 31.9 Å². The van der Waals surface area contributed by atoms with Gasteiger partial charge in [0.25, 0.3) is 5.91 Å². The molecule has 0 aliphatic carbocycles. The predicted octanol–water partition coefficient (Wildman–Crippen LogP) is 2.14. The van der Waals surface area contributed by atoms with Gasteiger partial charge in [-0.05, 0) is 50.2 Å². The fraction of sp³-hybridized carbons (Fsp3) is 0.412. The SMILES string of the molecule is Nc1ccc(-c2nc(C(=O)NCCN3CCCCC3)co2)cc1. The largest absolute Gasteiger partial charge is 0.444 e. The van der Waals surface area contributed by atoms with E-state index >= 15 is 0 Å². The Morgan fingerprint density at radius 1 is 1.22 bits per heavy atom. The topological polar surface area (TPSA) is 84.4 Å². The summed E-state index contributed by atoms with van der Waals surface area (Å²) in [6, 6.07) is 7.19. The van der Waals surface area contributed by atoms with Crippen LogP contribution in [-0.2, 0) is 0 Å². The molecule has 6 heteroatoms. The molecular weight excluding hydrogens is 292 g/mol. The summed E-state index contributed by atoms with van der Waals surface area (Å²) < 4.78 is 5.38. The fourth-order valence-electron chi connectivity index (χ4n) is 2.74. The van der Waals surface area contributed by atoms with Crippen molar-refractivity contribution in [3.05, 3.63) is 36.2 Å². The molecule has 0 spiro atoms. The smallest absolute Gasteiger partial charge is 0.273 e. The lowest BCUT2D eigenvalue weighted by molar-refractivity contribution is 0.0941. The number of benzene rings is 1. The number of piperidine rings is 1. The van der Waals surface area contributed by atoms with Crippen LogP contribution in [0.25, 0.3) is 11.5 Å². The van der Waals surface area contributed by atoms with Gasteiger partial charge in [0, 0.05) is 24.3 Å². The summed E-state index contributed by atoms with van der Waals surface area (Å²) in [5.74, 6) is 0.221. The molecule has 6 nitrogen and oxygen atoms in total. The summed E-state index contributed by atoms with van der Waals surface area (Å²) in [6.45, 7) is 3.76. The molecule has 1 aliphatic heterocycles. The standard InChI is InChI=1S/C17H22N4O2/c18-14-6-4-13(5-7-14)17-20-15(12-23-17)16(22)19-8-11-21-9-2-1-3-10-21/h4-7,12H,1-3,8-11,18H2,(H,19,22). The third-order valence-corrected chi connectivity index (χ3v) is 4.06. The molecular formula is C17H22N4O2. The zero-order valence-corrected chi connectivity index (χ0v) is 13.1. The van der Waals surface area contributed by atoms with E-state index in [9.17, 15) is 4.79 Å². The van der Waals surface area contributed by atoms with Crippen molar-refractivity contribution in [2.45, 2.75) is 19.3 Å². The highest BCUT2D eigenvalue weighted by Gasteiger charge is 2.14. The summed E-state index contributed by atoms with van der Waals surface area (Å²) in [7, 11) is 0. The number of nitrogen functional groups attached to an aromatic ring is 1. The first-order valence-corrected chi connectivity index (χ1v) is 8.04. The Bertz CT molecular complexity index is 645. The molecule has 1 aromatic carbocycles. The van der Waals surface area contributed by atoms with Gasteiger partial charge in [-0.2, -0.15) is 0 Å². The van der Waals surface area contributed by atoms with Crippen LogP contribution >= 0.6 is 0 Å². The first kappa shape index (κ1) is 15.6. The van der Waals surface area contributed by atoms with Gasteiger partial charge in [-0.25, -0.2) is 4.98 Å². The minimum absolute atomic E-state index is 0.201. The van der Waals surface area contributed by atoms with Crippen molar-refractivity contribution in [1.82, 2.24) is 15.2 Å². The van der Waals surface area contributed by atoms with Crippen molar-refractivity contribution in [3.63, 3.8) is 0 Å². The van der Waals surface area contributed by atoms with Crippen molar-refractivity contribution >= 4 is 11.6 Å². The Hall–Kier alpha value is -2.34. The first-order valence-electron chi connectivity index (χ1n) is 8.04. The number of nitrogens with one attached hydrogen (secondary N) is 1. The molecule has 1 saturated heterocycles. The molecule has 1 amide bonds. The first-order chi connectivity index (χ1) is 11.2. The van der Waals surface area contributed by atoms with E-state index in [1.165, 1.54) is 25.5 Å². The van der Waals surface area contributed by atoms with Crippen LogP contribution in [0, 0.1) is 0 Å². The third-order valence-electron chi connectivity index (χ3n) is 4.06. The van der Waals surface area contributed by atoms with Crippen LogP contribution in [0.1, 0.15) is 29.8 Å². The highest BCUT2D eigenvalue weighted by atomic mass is 16.3. The highest BCUT2D eigenvalue weighted by Crippen LogP contribution is 2.19. The highest BCUT2D eigenvalue weighted by molar-refractivity contribution is 5.92. The van der Waals surface area contributed by atoms with E-state index in [0.29, 0.717) is 23.8 Å². The normalized spacial score (nSPS) is 15.5. The van der Waals surface area contributed by atoms with Gasteiger partial charge in [0.1, 0.15) is 6.26 Å². The number of likely N-dealkylation sites (tertiary alicyclic amines) is 1. The molecule has 23 heavy (non-hydrogen) atoms. The van der Waals surface area contributed by atoms with Crippen LogP contribution in [0.4, 0.5) is 5.69 Å². The maximum absolute atomic E-state index is 12.1. The Morgan fingerprint density at radius 2 is 1.96 bits per heavy atom. The van der Waals surface area contributed by atoms with E-state index in [-0.39, 0.29) is 5.91 Å². The van der Waals surface area contributed by atoms with E-state index in [2.05, 4.69) is 15.2 Å². The van der Waals surface area contributed by atoms with Gasteiger partial charge in [0.15, 0.2) is 5.69 Å². The number of hydrogen-bond acceptors (Lipinski definition) is 5. The molecule has 2 aromatic rings. The second kappa shape index (κ2) is 7.28. The van der Waals surface area contributed by atoms with Gasteiger partial charge in [-0.1, -0.05) is 6.42 Å². The van der Waals surface area contributed by atoms with Gasteiger partial charge in [0.05, 0.1) is 0 Å². The van der Waals surface area contributed by atoms with Crippen LogP contribution in [0.2, 0.25) is 0 Å². The predicted molar refractivity (Wildman–Crippen MR) is 89.0 cm³/mol. The van der Waals surface area contributed by atoms with E-state index < -0.39 is 0 Å². The Kier molecular flexibility index (Phi) is 4.92. The summed E-state index contributed by atoms with van der Waals surface area (Å²) in [4.78, 5) is 18.7.